The van der Waals surface area contributed by atoms with Gasteiger partial charge >= 0.3 is 0 Å². The molecule has 0 saturated carbocycles. The lowest BCUT2D eigenvalue weighted by atomic mass is 10.3. The van der Waals surface area contributed by atoms with E-state index >= 15 is 0 Å². The normalized spacial score (nSPS) is 12.0. The average Bonchev–Trinajstić information content (AvgIpc) is 2.40. The number of rotatable bonds is 4. The maximum Gasteiger partial charge on any atom is 0.237 e. The van der Waals surface area contributed by atoms with Gasteiger partial charge in [-0.05, 0) is 19.1 Å². The molecule has 0 unspecified atom stereocenters. The fraction of sp³-hybridized carbons (Fsp3) is 0.167. The number of nitrogens with one attached hydrogen (secondary N) is 1. The number of nitrogen functional groups attached to an aromatic ring is 2. The van der Waals surface area contributed by atoms with Crippen LogP contribution in [0.15, 0.2) is 23.4 Å². The number of thioether (sulfide) groups is 1. The molecule has 22 heavy (non-hydrogen) atoms. The SMILES string of the molecule is C[C@@H](Sc1nc(N)nc(N)n1)C(=O)Nc1ccc(F)cc1F. The Bertz CT molecular complexity index is 694. The Kier molecular flexibility index (Phi) is 4.71. The van der Waals surface area contributed by atoms with Crippen LogP contribution >= 0.6 is 11.8 Å². The summed E-state index contributed by atoms with van der Waals surface area (Å²) < 4.78 is 26.3. The van der Waals surface area contributed by atoms with E-state index in [1.54, 1.807) is 6.92 Å². The van der Waals surface area contributed by atoms with E-state index in [0.29, 0.717) is 6.07 Å². The van der Waals surface area contributed by atoms with Crippen LogP contribution in [0.3, 0.4) is 0 Å². The van der Waals surface area contributed by atoms with Gasteiger partial charge in [-0.25, -0.2) is 8.78 Å². The minimum absolute atomic E-state index is 0.0628. The number of benzene rings is 1. The van der Waals surface area contributed by atoms with Gasteiger partial charge in [0, 0.05) is 6.07 Å². The Morgan fingerprint density at radius 1 is 1.23 bits per heavy atom. The number of hydrogen-bond donors (Lipinski definition) is 3. The smallest absolute Gasteiger partial charge is 0.237 e. The van der Waals surface area contributed by atoms with Gasteiger partial charge < -0.3 is 16.8 Å². The van der Waals surface area contributed by atoms with Crippen LogP contribution in [0, 0.1) is 11.6 Å². The lowest BCUT2D eigenvalue weighted by molar-refractivity contribution is -0.115. The highest BCUT2D eigenvalue weighted by atomic mass is 32.2. The number of nitrogens with zero attached hydrogens (tertiary/aromatic N) is 3. The Morgan fingerprint density at radius 2 is 1.86 bits per heavy atom. The molecule has 0 aliphatic heterocycles. The molecule has 5 N–H and O–H groups in total. The summed E-state index contributed by atoms with van der Waals surface area (Å²) in [4.78, 5) is 23.3. The summed E-state index contributed by atoms with van der Waals surface area (Å²) >= 11 is 0.977. The van der Waals surface area contributed by atoms with Gasteiger partial charge in [0.25, 0.3) is 0 Å². The molecule has 2 rings (SSSR count). The van der Waals surface area contributed by atoms with Crippen molar-refractivity contribution >= 4 is 35.3 Å². The van der Waals surface area contributed by atoms with E-state index in [2.05, 4.69) is 20.3 Å². The molecular weight excluding hydrogens is 314 g/mol. The zero-order valence-electron chi connectivity index (χ0n) is 11.4. The predicted molar refractivity (Wildman–Crippen MR) is 79.0 cm³/mol. The van der Waals surface area contributed by atoms with Gasteiger partial charge in [0.15, 0.2) is 5.16 Å². The second-order valence-corrected chi connectivity index (χ2v) is 5.52. The number of hydrogen-bond acceptors (Lipinski definition) is 7. The molecule has 1 aromatic carbocycles. The maximum atomic E-state index is 13.5. The lowest BCUT2D eigenvalue weighted by Crippen LogP contribution is -2.23. The molecule has 1 amide bonds. The Balaban J connectivity index is 2.05. The van der Waals surface area contributed by atoms with Crippen LogP contribution in [0.25, 0.3) is 0 Å². The van der Waals surface area contributed by atoms with Crippen molar-refractivity contribution in [1.82, 2.24) is 15.0 Å². The second-order valence-electron chi connectivity index (χ2n) is 4.21. The molecule has 2 aromatic rings. The van der Waals surface area contributed by atoms with Crippen molar-refractivity contribution in [2.45, 2.75) is 17.3 Å². The van der Waals surface area contributed by atoms with Gasteiger partial charge in [-0.15, -0.1) is 0 Å². The van der Waals surface area contributed by atoms with Gasteiger partial charge in [-0.3, -0.25) is 4.79 Å². The number of carbonyl (C=O) groups is 1. The molecule has 0 bridgehead atoms. The molecule has 0 fully saturated rings. The first-order chi connectivity index (χ1) is 10.3. The number of carbonyl (C=O) groups excluding carboxylic acids is 1. The summed E-state index contributed by atoms with van der Waals surface area (Å²) in [6, 6.07) is 2.86. The van der Waals surface area contributed by atoms with Crippen molar-refractivity contribution < 1.29 is 13.6 Å². The number of nitrogens with two attached hydrogens (primary N) is 2. The number of amides is 1. The van der Waals surface area contributed by atoms with Crippen molar-refractivity contribution in [3.63, 3.8) is 0 Å². The number of aromatic nitrogens is 3. The number of halogens is 2. The summed E-state index contributed by atoms with van der Waals surface area (Å²) in [6.45, 7) is 1.57. The van der Waals surface area contributed by atoms with Gasteiger partial charge in [-0.2, -0.15) is 15.0 Å². The average molecular weight is 326 g/mol. The quantitative estimate of drug-likeness (QED) is 0.727. The van der Waals surface area contributed by atoms with Crippen LogP contribution in [0.5, 0.6) is 0 Å². The largest absolute Gasteiger partial charge is 0.368 e. The van der Waals surface area contributed by atoms with E-state index < -0.39 is 22.8 Å². The summed E-state index contributed by atoms with van der Waals surface area (Å²) in [5, 5.41) is 1.86. The van der Waals surface area contributed by atoms with Gasteiger partial charge in [-0.1, -0.05) is 11.8 Å². The predicted octanol–water partition coefficient (Wildman–Crippen LogP) is 1.43. The molecule has 0 radical (unpaired) electrons. The topological polar surface area (TPSA) is 120 Å². The third-order valence-electron chi connectivity index (χ3n) is 2.49. The van der Waals surface area contributed by atoms with Crippen LogP contribution in [-0.4, -0.2) is 26.1 Å². The van der Waals surface area contributed by atoms with E-state index in [-0.39, 0.29) is 22.7 Å². The molecule has 116 valence electrons. The molecule has 7 nitrogen and oxygen atoms in total. The zero-order valence-corrected chi connectivity index (χ0v) is 12.2. The Labute approximate surface area is 128 Å². The van der Waals surface area contributed by atoms with E-state index in [0.717, 1.165) is 23.9 Å². The zero-order chi connectivity index (χ0) is 16.3. The lowest BCUT2D eigenvalue weighted by Gasteiger charge is -2.11. The first-order valence-electron chi connectivity index (χ1n) is 6.04. The third kappa shape index (κ3) is 4.01. The van der Waals surface area contributed by atoms with Crippen molar-refractivity contribution in [3.8, 4) is 0 Å². The van der Waals surface area contributed by atoms with E-state index in [1.807, 2.05) is 0 Å². The molecule has 1 aromatic heterocycles. The highest BCUT2D eigenvalue weighted by Crippen LogP contribution is 2.22. The maximum absolute atomic E-state index is 13.5. The van der Waals surface area contributed by atoms with Crippen LogP contribution in [0.4, 0.5) is 26.4 Å². The van der Waals surface area contributed by atoms with Crippen LogP contribution in [0.2, 0.25) is 0 Å². The minimum Gasteiger partial charge on any atom is -0.368 e. The van der Waals surface area contributed by atoms with Crippen LogP contribution < -0.4 is 16.8 Å². The van der Waals surface area contributed by atoms with E-state index in [9.17, 15) is 13.6 Å². The van der Waals surface area contributed by atoms with Crippen molar-refractivity contribution in [2.75, 3.05) is 16.8 Å². The molecule has 1 atom stereocenters. The van der Waals surface area contributed by atoms with Gasteiger partial charge in [0.2, 0.25) is 17.8 Å². The second kappa shape index (κ2) is 6.52. The molecule has 0 saturated heterocycles. The third-order valence-corrected chi connectivity index (χ3v) is 3.45. The molecule has 0 spiro atoms. The summed E-state index contributed by atoms with van der Waals surface area (Å²) in [6.07, 6.45) is 0. The minimum atomic E-state index is -0.862. The first-order valence-corrected chi connectivity index (χ1v) is 6.92. The molecule has 10 heteroatoms. The van der Waals surface area contributed by atoms with Crippen molar-refractivity contribution in [2.24, 2.45) is 0 Å². The van der Waals surface area contributed by atoms with Gasteiger partial charge in [0.1, 0.15) is 11.6 Å². The first kappa shape index (κ1) is 15.9. The van der Waals surface area contributed by atoms with Crippen LogP contribution in [0.1, 0.15) is 6.92 Å². The highest BCUT2D eigenvalue weighted by Gasteiger charge is 2.18. The number of anilines is 3. The molecule has 0 aliphatic carbocycles. The van der Waals surface area contributed by atoms with Crippen molar-refractivity contribution in [1.29, 1.82) is 0 Å². The van der Waals surface area contributed by atoms with E-state index in [4.69, 9.17) is 11.5 Å². The Hall–Kier alpha value is -2.49. The summed E-state index contributed by atoms with van der Waals surface area (Å²) in [5.41, 5.74) is 10.7. The summed E-state index contributed by atoms with van der Waals surface area (Å²) in [7, 11) is 0. The van der Waals surface area contributed by atoms with Crippen LogP contribution in [-0.2, 0) is 4.79 Å². The monoisotopic (exact) mass is 326 g/mol. The van der Waals surface area contributed by atoms with Crippen molar-refractivity contribution in [3.05, 3.63) is 29.8 Å². The molecule has 1 heterocycles. The van der Waals surface area contributed by atoms with E-state index in [1.165, 1.54) is 0 Å². The van der Waals surface area contributed by atoms with Gasteiger partial charge in [0.05, 0.1) is 10.9 Å². The standard InChI is InChI=1S/C12H12F2N6OS/c1-5(22-12-19-10(15)18-11(16)20-12)9(21)17-8-3-2-6(13)4-7(8)14/h2-5H,1H3,(H,17,21)(H4,15,16,18,19,20)/t5-/m1/s1. The fourth-order valence-electron chi connectivity index (χ4n) is 1.48. The highest BCUT2D eigenvalue weighted by molar-refractivity contribution is 8.00. The Morgan fingerprint density at radius 3 is 2.45 bits per heavy atom. The fourth-order valence-corrected chi connectivity index (χ4v) is 2.25. The molecular formula is C12H12F2N6OS. The summed E-state index contributed by atoms with van der Waals surface area (Å²) in [5.74, 6) is -2.22. The molecule has 0 aliphatic rings.